The smallest absolute Gasteiger partial charge is 0.410 e. The van der Waals surface area contributed by atoms with E-state index in [1.54, 1.807) is 15.9 Å². The van der Waals surface area contributed by atoms with Crippen LogP contribution in [0.25, 0.3) is 0 Å². The Morgan fingerprint density at radius 1 is 1.10 bits per heavy atom. The highest BCUT2D eigenvalue weighted by atomic mass is 16.6. The third-order valence-corrected chi connectivity index (χ3v) is 6.32. The molecule has 2 saturated heterocycles. The van der Waals surface area contributed by atoms with E-state index in [0.717, 1.165) is 18.5 Å². The van der Waals surface area contributed by atoms with Crippen molar-refractivity contribution in [3.8, 4) is 0 Å². The van der Waals surface area contributed by atoms with Crippen molar-refractivity contribution in [2.75, 3.05) is 40.3 Å². The Kier molecular flexibility index (Phi) is 5.45. The van der Waals surface area contributed by atoms with Gasteiger partial charge in [0.1, 0.15) is 5.60 Å². The van der Waals surface area contributed by atoms with Crippen LogP contribution in [0.1, 0.15) is 53.5 Å². The van der Waals surface area contributed by atoms with Gasteiger partial charge in [0.2, 0.25) is 0 Å². The number of benzene rings is 1. The number of amides is 3. The fourth-order valence-corrected chi connectivity index (χ4v) is 4.41. The maximum absolute atomic E-state index is 13.0. The van der Waals surface area contributed by atoms with Crippen LogP contribution in [-0.2, 0) is 11.3 Å². The number of carbonyl (C=O) groups excluding carboxylic acids is 3. The maximum Gasteiger partial charge on any atom is 0.410 e. The van der Waals surface area contributed by atoms with Gasteiger partial charge in [-0.05, 0) is 59.0 Å². The highest BCUT2D eigenvalue weighted by Crippen LogP contribution is 2.30. The second-order valence-electron chi connectivity index (χ2n) is 10.0. The molecule has 0 saturated carbocycles. The monoisotopic (exact) mass is 428 g/mol. The average Bonchev–Trinajstić information content (AvgIpc) is 3.24. The minimum atomic E-state index is -0.535. The minimum Gasteiger partial charge on any atom is -0.444 e. The number of likely N-dealkylation sites (tertiary alicyclic amines) is 2. The number of hydrogen-bond acceptors (Lipinski definition) is 5. The summed E-state index contributed by atoms with van der Waals surface area (Å²) < 4.78 is 5.39. The van der Waals surface area contributed by atoms with Crippen molar-refractivity contribution in [2.24, 2.45) is 0 Å². The molecule has 3 heterocycles. The van der Waals surface area contributed by atoms with E-state index < -0.39 is 5.60 Å². The Bertz CT molecular complexity index is 901. The predicted molar refractivity (Wildman–Crippen MR) is 116 cm³/mol. The molecule has 4 rings (SSSR count). The molecule has 168 valence electrons. The molecule has 8 heteroatoms. The van der Waals surface area contributed by atoms with Crippen molar-refractivity contribution >= 4 is 17.9 Å². The van der Waals surface area contributed by atoms with Gasteiger partial charge in [-0.2, -0.15) is 0 Å². The summed E-state index contributed by atoms with van der Waals surface area (Å²) >= 11 is 0. The molecule has 1 aromatic carbocycles. The summed E-state index contributed by atoms with van der Waals surface area (Å²) in [6.45, 7) is 8.43. The van der Waals surface area contributed by atoms with Crippen LogP contribution in [0.4, 0.5) is 4.79 Å². The van der Waals surface area contributed by atoms with Gasteiger partial charge < -0.3 is 24.3 Å². The summed E-state index contributed by atoms with van der Waals surface area (Å²) in [4.78, 5) is 45.6. The molecular weight excluding hydrogens is 396 g/mol. The van der Waals surface area contributed by atoms with Crippen molar-refractivity contribution in [1.29, 1.82) is 0 Å². The van der Waals surface area contributed by atoms with E-state index in [1.165, 1.54) is 0 Å². The van der Waals surface area contributed by atoms with Crippen molar-refractivity contribution < 1.29 is 19.1 Å². The van der Waals surface area contributed by atoms with Crippen molar-refractivity contribution in [2.45, 2.75) is 51.4 Å². The van der Waals surface area contributed by atoms with Gasteiger partial charge in [-0.15, -0.1) is 0 Å². The number of hydrogen-bond donors (Lipinski definition) is 0. The van der Waals surface area contributed by atoms with Crippen LogP contribution in [0, 0.1) is 0 Å². The molecule has 3 aliphatic heterocycles. The molecule has 0 N–H and O–H groups in total. The largest absolute Gasteiger partial charge is 0.444 e. The zero-order chi connectivity index (χ0) is 22.5. The quantitative estimate of drug-likeness (QED) is 0.737. The van der Waals surface area contributed by atoms with Crippen molar-refractivity contribution in [3.05, 3.63) is 34.9 Å². The van der Waals surface area contributed by atoms with Crippen LogP contribution in [0.5, 0.6) is 0 Å². The lowest BCUT2D eigenvalue weighted by Gasteiger charge is -2.43. The van der Waals surface area contributed by atoms with E-state index in [1.807, 2.05) is 51.9 Å². The van der Waals surface area contributed by atoms with E-state index in [9.17, 15) is 14.4 Å². The summed E-state index contributed by atoms with van der Waals surface area (Å²) in [6, 6.07) is 5.82. The Hall–Kier alpha value is -2.61. The summed E-state index contributed by atoms with van der Waals surface area (Å²) in [6.07, 6.45) is 0.620. The molecule has 2 fully saturated rings. The number of rotatable bonds is 3. The fourth-order valence-electron chi connectivity index (χ4n) is 4.41. The summed E-state index contributed by atoms with van der Waals surface area (Å²) in [5.74, 6) is -0.0794. The first-order valence-corrected chi connectivity index (χ1v) is 10.9. The Morgan fingerprint density at radius 3 is 2.42 bits per heavy atom. The molecule has 1 unspecified atom stereocenters. The number of nitrogens with zero attached hydrogens (tertiary/aromatic N) is 4. The van der Waals surface area contributed by atoms with E-state index in [4.69, 9.17) is 4.74 Å². The molecule has 1 aromatic rings. The zero-order valence-corrected chi connectivity index (χ0v) is 19.1. The summed E-state index contributed by atoms with van der Waals surface area (Å²) in [5, 5.41) is 0. The Balaban J connectivity index is 1.38. The lowest BCUT2D eigenvalue weighted by Crippen LogP contribution is -2.61. The Labute approximate surface area is 183 Å². The van der Waals surface area contributed by atoms with Crippen LogP contribution in [-0.4, -0.2) is 95.5 Å². The SMILES string of the molecule is CN(C)C1CCN(C(=O)c2ccc3c(c2)C(=O)N(C2CN(C(=O)OC(C)(C)C)C2)C3)C1. The lowest BCUT2D eigenvalue weighted by molar-refractivity contribution is -0.0125. The number of ether oxygens (including phenoxy) is 1. The number of carbonyl (C=O) groups is 3. The van der Waals surface area contributed by atoms with Gasteiger partial charge in [-0.25, -0.2) is 4.79 Å². The van der Waals surface area contributed by atoms with Crippen LogP contribution in [0.3, 0.4) is 0 Å². The molecule has 0 aromatic heterocycles. The van der Waals surface area contributed by atoms with Crippen molar-refractivity contribution in [3.63, 3.8) is 0 Å². The molecule has 31 heavy (non-hydrogen) atoms. The van der Waals surface area contributed by atoms with Gasteiger partial charge in [0, 0.05) is 49.9 Å². The highest BCUT2D eigenvalue weighted by Gasteiger charge is 2.42. The lowest BCUT2D eigenvalue weighted by atomic mass is 10.1. The van der Waals surface area contributed by atoms with Gasteiger partial charge in [0.05, 0.1) is 6.04 Å². The molecular formula is C23H32N4O4. The van der Waals surface area contributed by atoms with Crippen LogP contribution >= 0.6 is 0 Å². The van der Waals surface area contributed by atoms with Gasteiger partial charge in [0.25, 0.3) is 11.8 Å². The third kappa shape index (κ3) is 4.26. The van der Waals surface area contributed by atoms with Gasteiger partial charge in [-0.1, -0.05) is 6.07 Å². The molecule has 1 atom stereocenters. The van der Waals surface area contributed by atoms with Crippen molar-refractivity contribution in [1.82, 2.24) is 19.6 Å². The number of fused-ring (bicyclic) bond motifs is 1. The Morgan fingerprint density at radius 2 is 1.81 bits per heavy atom. The maximum atomic E-state index is 13.0. The second kappa shape index (κ2) is 7.82. The van der Waals surface area contributed by atoms with Crippen LogP contribution in [0.15, 0.2) is 18.2 Å². The van der Waals surface area contributed by atoms with E-state index in [0.29, 0.717) is 43.3 Å². The first-order valence-electron chi connectivity index (χ1n) is 10.9. The minimum absolute atomic E-state index is 0.0156. The molecule has 0 aliphatic carbocycles. The average molecular weight is 429 g/mol. The number of likely N-dealkylation sites (N-methyl/N-ethyl adjacent to an activating group) is 1. The second-order valence-corrected chi connectivity index (χ2v) is 10.0. The fraction of sp³-hybridized carbons (Fsp3) is 0.609. The first-order chi connectivity index (χ1) is 14.5. The standard InChI is InChI=1S/C23H32N4O4/c1-23(2,3)31-22(30)26-13-18(14-26)27-11-16-7-6-15(10-19(16)21(27)29)20(28)25-9-8-17(12-25)24(4)5/h6-7,10,17-18H,8-9,11-14H2,1-5H3. The van der Waals surface area contributed by atoms with Gasteiger partial charge in [0.15, 0.2) is 0 Å². The van der Waals surface area contributed by atoms with E-state index >= 15 is 0 Å². The van der Waals surface area contributed by atoms with Gasteiger partial charge >= 0.3 is 6.09 Å². The van der Waals surface area contributed by atoms with Gasteiger partial charge in [-0.3, -0.25) is 9.59 Å². The highest BCUT2D eigenvalue weighted by molar-refractivity contribution is 6.02. The predicted octanol–water partition coefficient (Wildman–Crippen LogP) is 2.04. The molecule has 0 bridgehead atoms. The normalized spacial score (nSPS) is 21.5. The first kappa shape index (κ1) is 21.6. The topological polar surface area (TPSA) is 73.4 Å². The summed E-state index contributed by atoms with van der Waals surface area (Å²) in [5.41, 5.74) is 1.57. The molecule has 3 aliphatic rings. The molecule has 0 radical (unpaired) electrons. The van der Waals surface area contributed by atoms with Crippen LogP contribution in [0.2, 0.25) is 0 Å². The van der Waals surface area contributed by atoms with E-state index in [-0.39, 0.29) is 23.9 Å². The molecule has 0 spiro atoms. The molecule has 8 nitrogen and oxygen atoms in total. The molecule has 3 amide bonds. The summed E-state index contributed by atoms with van der Waals surface area (Å²) in [7, 11) is 4.07. The van der Waals surface area contributed by atoms with Crippen LogP contribution < -0.4 is 0 Å². The van der Waals surface area contributed by atoms with E-state index in [2.05, 4.69) is 4.90 Å². The zero-order valence-electron chi connectivity index (χ0n) is 19.1. The third-order valence-electron chi connectivity index (χ3n) is 6.32.